The van der Waals surface area contributed by atoms with Gasteiger partial charge in [0.1, 0.15) is 0 Å². The molecule has 0 aliphatic carbocycles. The van der Waals surface area contributed by atoms with Gasteiger partial charge in [-0.1, -0.05) is 32.0 Å². The van der Waals surface area contributed by atoms with Crippen LogP contribution in [-0.4, -0.2) is 22.5 Å². The van der Waals surface area contributed by atoms with Gasteiger partial charge in [-0.2, -0.15) is 5.06 Å². The molecule has 0 heterocycles. The van der Waals surface area contributed by atoms with Crippen molar-refractivity contribution in [2.75, 3.05) is 0 Å². The summed E-state index contributed by atoms with van der Waals surface area (Å²) >= 11 is 0. The SMILES string of the molecule is CC(C)CC(=O)N(OC(=O)c1ccccc1)C(C)(C)C. The number of carbonyl (C=O) groups excluding carboxylic acids is 2. The predicted molar refractivity (Wildman–Crippen MR) is 77.9 cm³/mol. The van der Waals surface area contributed by atoms with Crippen molar-refractivity contribution in [2.24, 2.45) is 5.92 Å². The van der Waals surface area contributed by atoms with E-state index in [1.807, 2.05) is 40.7 Å². The molecule has 0 fully saturated rings. The summed E-state index contributed by atoms with van der Waals surface area (Å²) in [5.74, 6) is -0.489. The fourth-order valence-electron chi connectivity index (χ4n) is 1.70. The first-order valence-corrected chi connectivity index (χ1v) is 6.82. The highest BCUT2D eigenvalue weighted by atomic mass is 16.7. The lowest BCUT2D eigenvalue weighted by molar-refractivity contribution is -0.189. The Kier molecular flexibility index (Phi) is 5.31. The maximum Gasteiger partial charge on any atom is 0.363 e. The van der Waals surface area contributed by atoms with Crippen molar-refractivity contribution in [3.8, 4) is 0 Å². The number of hydrogen-bond donors (Lipinski definition) is 0. The van der Waals surface area contributed by atoms with Crippen LogP contribution in [0.3, 0.4) is 0 Å². The molecule has 0 spiro atoms. The normalized spacial score (nSPS) is 11.3. The Labute approximate surface area is 120 Å². The molecule has 0 atom stereocenters. The Balaban J connectivity index is 2.86. The van der Waals surface area contributed by atoms with E-state index < -0.39 is 11.5 Å². The minimum Gasteiger partial charge on any atom is -0.332 e. The van der Waals surface area contributed by atoms with Crippen LogP contribution in [-0.2, 0) is 9.63 Å². The molecule has 1 amide bonds. The molecule has 1 aromatic rings. The van der Waals surface area contributed by atoms with E-state index in [0.717, 1.165) is 0 Å². The molecule has 0 saturated carbocycles. The summed E-state index contributed by atoms with van der Waals surface area (Å²) in [5.41, 5.74) is -0.143. The summed E-state index contributed by atoms with van der Waals surface area (Å²) < 4.78 is 0. The van der Waals surface area contributed by atoms with Crippen LogP contribution in [0.5, 0.6) is 0 Å². The lowest BCUT2D eigenvalue weighted by Crippen LogP contribution is -2.47. The highest BCUT2D eigenvalue weighted by Gasteiger charge is 2.31. The van der Waals surface area contributed by atoms with Gasteiger partial charge in [0, 0.05) is 6.42 Å². The highest BCUT2D eigenvalue weighted by molar-refractivity contribution is 5.90. The quantitative estimate of drug-likeness (QED) is 0.795. The molecule has 110 valence electrons. The second-order valence-corrected chi connectivity index (χ2v) is 6.20. The van der Waals surface area contributed by atoms with E-state index in [9.17, 15) is 9.59 Å². The number of benzene rings is 1. The number of rotatable bonds is 3. The molecule has 0 radical (unpaired) electrons. The molecule has 1 aromatic carbocycles. The van der Waals surface area contributed by atoms with Gasteiger partial charge < -0.3 is 4.84 Å². The zero-order valence-electron chi connectivity index (χ0n) is 12.8. The molecule has 0 saturated heterocycles. The number of hydroxylamine groups is 2. The smallest absolute Gasteiger partial charge is 0.332 e. The molecule has 1 rings (SSSR count). The van der Waals surface area contributed by atoms with E-state index in [0.29, 0.717) is 12.0 Å². The van der Waals surface area contributed by atoms with Crippen LogP contribution in [0.25, 0.3) is 0 Å². The van der Waals surface area contributed by atoms with Gasteiger partial charge >= 0.3 is 5.97 Å². The summed E-state index contributed by atoms with van der Waals surface area (Å²) in [6, 6.07) is 8.66. The van der Waals surface area contributed by atoms with Crippen LogP contribution >= 0.6 is 0 Å². The third-order valence-corrected chi connectivity index (χ3v) is 2.60. The molecule has 0 aliphatic heterocycles. The van der Waals surface area contributed by atoms with Crippen molar-refractivity contribution < 1.29 is 14.4 Å². The minimum absolute atomic E-state index is 0.184. The number of nitrogens with zero attached hydrogens (tertiary/aromatic N) is 1. The fraction of sp³-hybridized carbons (Fsp3) is 0.500. The van der Waals surface area contributed by atoms with E-state index in [4.69, 9.17) is 4.84 Å². The van der Waals surface area contributed by atoms with Crippen molar-refractivity contribution >= 4 is 11.9 Å². The summed E-state index contributed by atoms with van der Waals surface area (Å²) in [7, 11) is 0. The molecular formula is C16H23NO3. The largest absolute Gasteiger partial charge is 0.363 e. The third-order valence-electron chi connectivity index (χ3n) is 2.60. The number of hydrogen-bond acceptors (Lipinski definition) is 3. The molecule has 0 aliphatic rings. The zero-order chi connectivity index (χ0) is 15.3. The molecule has 0 unspecified atom stereocenters. The van der Waals surface area contributed by atoms with E-state index in [2.05, 4.69) is 0 Å². The topological polar surface area (TPSA) is 46.6 Å². The minimum atomic E-state index is -0.573. The maximum atomic E-state index is 12.2. The lowest BCUT2D eigenvalue weighted by atomic mass is 10.1. The number of carbonyl (C=O) groups is 2. The number of amides is 1. The van der Waals surface area contributed by atoms with Gasteiger partial charge in [0.15, 0.2) is 0 Å². The van der Waals surface area contributed by atoms with Crippen LogP contribution in [0.4, 0.5) is 0 Å². The molecule has 20 heavy (non-hydrogen) atoms. The summed E-state index contributed by atoms with van der Waals surface area (Å²) in [6.07, 6.45) is 0.347. The predicted octanol–water partition coefficient (Wildman–Crippen LogP) is 3.43. The summed E-state index contributed by atoms with van der Waals surface area (Å²) in [6.45, 7) is 9.42. The average molecular weight is 277 g/mol. The molecule has 0 bridgehead atoms. The van der Waals surface area contributed by atoms with E-state index in [-0.39, 0.29) is 11.8 Å². The van der Waals surface area contributed by atoms with Crippen molar-refractivity contribution in [3.63, 3.8) is 0 Å². The molecule has 0 aromatic heterocycles. The standard InChI is InChI=1S/C16H23NO3/c1-12(2)11-14(18)17(16(3,4)5)20-15(19)13-9-7-6-8-10-13/h6-10,12H,11H2,1-5H3. The van der Waals surface area contributed by atoms with Crippen molar-refractivity contribution in [2.45, 2.75) is 46.6 Å². The van der Waals surface area contributed by atoms with Gasteiger partial charge in [0.25, 0.3) is 5.91 Å². The van der Waals surface area contributed by atoms with Gasteiger partial charge in [-0.15, -0.1) is 0 Å². The molecule has 4 nitrogen and oxygen atoms in total. The Bertz CT molecular complexity index is 460. The molecular weight excluding hydrogens is 254 g/mol. The van der Waals surface area contributed by atoms with E-state index in [1.165, 1.54) is 5.06 Å². The Morgan fingerprint density at radius 2 is 1.70 bits per heavy atom. The van der Waals surface area contributed by atoms with E-state index in [1.54, 1.807) is 24.3 Å². The van der Waals surface area contributed by atoms with Crippen LogP contribution in [0, 0.1) is 5.92 Å². The Morgan fingerprint density at radius 1 is 1.15 bits per heavy atom. The van der Waals surface area contributed by atoms with E-state index >= 15 is 0 Å². The first kappa shape index (κ1) is 16.2. The molecule has 4 heteroatoms. The first-order chi connectivity index (χ1) is 9.21. The van der Waals surface area contributed by atoms with Crippen LogP contribution in [0.2, 0.25) is 0 Å². The fourth-order valence-corrected chi connectivity index (χ4v) is 1.70. The maximum absolute atomic E-state index is 12.2. The van der Waals surface area contributed by atoms with Gasteiger partial charge in [-0.3, -0.25) is 4.79 Å². The van der Waals surface area contributed by atoms with Crippen LogP contribution in [0.15, 0.2) is 30.3 Å². The first-order valence-electron chi connectivity index (χ1n) is 6.82. The van der Waals surface area contributed by atoms with Gasteiger partial charge in [0.05, 0.1) is 11.1 Å². The van der Waals surface area contributed by atoms with Crippen LogP contribution < -0.4 is 0 Å². The van der Waals surface area contributed by atoms with Crippen LogP contribution in [0.1, 0.15) is 51.4 Å². The summed E-state index contributed by atoms with van der Waals surface area (Å²) in [5, 5.41) is 1.18. The van der Waals surface area contributed by atoms with Gasteiger partial charge in [-0.05, 0) is 38.8 Å². The van der Waals surface area contributed by atoms with Crippen molar-refractivity contribution in [1.29, 1.82) is 0 Å². The molecule has 0 N–H and O–H groups in total. The Morgan fingerprint density at radius 3 is 2.15 bits per heavy atom. The van der Waals surface area contributed by atoms with Crippen molar-refractivity contribution in [3.05, 3.63) is 35.9 Å². The average Bonchev–Trinajstić information content (AvgIpc) is 2.34. The highest BCUT2D eigenvalue weighted by Crippen LogP contribution is 2.19. The summed E-state index contributed by atoms with van der Waals surface area (Å²) in [4.78, 5) is 29.6. The van der Waals surface area contributed by atoms with Crippen molar-refractivity contribution in [1.82, 2.24) is 5.06 Å². The lowest BCUT2D eigenvalue weighted by Gasteiger charge is -2.33. The second kappa shape index (κ2) is 6.55. The van der Waals surface area contributed by atoms with Gasteiger partial charge in [-0.25, -0.2) is 4.79 Å². The zero-order valence-corrected chi connectivity index (χ0v) is 12.8. The van der Waals surface area contributed by atoms with Gasteiger partial charge in [0.2, 0.25) is 0 Å². The third kappa shape index (κ3) is 4.68. The second-order valence-electron chi connectivity index (χ2n) is 6.20. The Hall–Kier alpha value is -1.84. The monoisotopic (exact) mass is 277 g/mol.